The zero-order valence-electron chi connectivity index (χ0n) is 12.2. The predicted octanol–water partition coefficient (Wildman–Crippen LogP) is 3.20. The van der Waals surface area contributed by atoms with Crippen molar-refractivity contribution in [2.24, 2.45) is 0 Å². The van der Waals surface area contributed by atoms with Crippen LogP contribution in [0, 0.1) is 0 Å². The molecule has 21 heavy (non-hydrogen) atoms. The Bertz CT molecular complexity index is 609. The molecule has 1 aromatic carbocycles. The average molecular weight is 285 g/mol. The van der Waals surface area contributed by atoms with Crippen molar-refractivity contribution in [2.45, 2.75) is 38.6 Å². The summed E-state index contributed by atoms with van der Waals surface area (Å²) in [5, 5.41) is 8.31. The second-order valence-electron chi connectivity index (χ2n) is 5.39. The first-order chi connectivity index (χ1) is 10.3. The fourth-order valence-electron chi connectivity index (χ4n) is 2.81. The Kier molecular flexibility index (Phi) is 3.99. The first-order valence-electron chi connectivity index (χ1n) is 7.42. The second kappa shape index (κ2) is 6.08. The van der Waals surface area contributed by atoms with Gasteiger partial charge >= 0.3 is 0 Å². The average Bonchev–Trinajstić information content (AvgIpc) is 2.85. The minimum atomic E-state index is -0.0880. The van der Waals surface area contributed by atoms with Crippen LogP contribution in [-0.4, -0.2) is 27.5 Å². The van der Waals surface area contributed by atoms with Gasteiger partial charge in [-0.15, -0.1) is 10.2 Å². The number of aromatic nitrogens is 2. The van der Waals surface area contributed by atoms with Gasteiger partial charge in [0.2, 0.25) is 17.7 Å². The molecule has 0 spiro atoms. The van der Waals surface area contributed by atoms with E-state index < -0.39 is 0 Å². The zero-order valence-corrected chi connectivity index (χ0v) is 12.2. The molecule has 5 nitrogen and oxygen atoms in total. The third-order valence-electron chi connectivity index (χ3n) is 3.90. The summed E-state index contributed by atoms with van der Waals surface area (Å²) in [6.45, 7) is 2.37. The van der Waals surface area contributed by atoms with E-state index in [4.69, 9.17) is 4.42 Å². The summed E-state index contributed by atoms with van der Waals surface area (Å²) in [7, 11) is 0. The van der Waals surface area contributed by atoms with Crippen molar-refractivity contribution in [3.05, 3.63) is 36.2 Å². The molecule has 0 bridgehead atoms. The summed E-state index contributed by atoms with van der Waals surface area (Å²) in [6, 6.07) is 9.61. The molecule has 0 saturated carbocycles. The van der Waals surface area contributed by atoms with E-state index in [1.807, 2.05) is 35.2 Å². The number of benzene rings is 1. The van der Waals surface area contributed by atoms with Crippen LogP contribution >= 0.6 is 0 Å². The molecule has 0 aliphatic carbocycles. The molecular weight excluding hydrogens is 266 g/mol. The number of hydrogen-bond donors (Lipinski definition) is 0. The molecule has 0 radical (unpaired) electrons. The topological polar surface area (TPSA) is 59.2 Å². The lowest BCUT2D eigenvalue weighted by Crippen LogP contribution is -2.33. The smallest absolute Gasteiger partial charge is 0.247 e. The SMILES string of the molecule is CC(=O)N1CCCCCC1c1nnc(-c2ccccc2)o1. The molecule has 110 valence electrons. The highest BCUT2D eigenvalue weighted by Crippen LogP contribution is 2.31. The lowest BCUT2D eigenvalue weighted by molar-refractivity contribution is -0.131. The molecule has 5 heteroatoms. The van der Waals surface area contributed by atoms with E-state index in [0.29, 0.717) is 11.8 Å². The van der Waals surface area contributed by atoms with Gasteiger partial charge in [-0.25, -0.2) is 0 Å². The van der Waals surface area contributed by atoms with E-state index in [9.17, 15) is 4.79 Å². The Hall–Kier alpha value is -2.17. The Morgan fingerprint density at radius 3 is 2.76 bits per heavy atom. The molecule has 1 saturated heterocycles. The van der Waals surface area contributed by atoms with E-state index in [-0.39, 0.29) is 11.9 Å². The monoisotopic (exact) mass is 285 g/mol. The largest absolute Gasteiger partial charge is 0.418 e. The van der Waals surface area contributed by atoms with Crippen LogP contribution in [0.5, 0.6) is 0 Å². The van der Waals surface area contributed by atoms with Gasteiger partial charge in [-0.1, -0.05) is 31.0 Å². The van der Waals surface area contributed by atoms with Crippen LogP contribution in [-0.2, 0) is 4.79 Å². The third kappa shape index (κ3) is 2.96. The molecule has 1 fully saturated rings. The van der Waals surface area contributed by atoms with Crippen molar-refractivity contribution in [1.82, 2.24) is 15.1 Å². The fourth-order valence-corrected chi connectivity index (χ4v) is 2.81. The first-order valence-corrected chi connectivity index (χ1v) is 7.42. The summed E-state index contributed by atoms with van der Waals surface area (Å²) in [6.07, 6.45) is 4.14. The number of likely N-dealkylation sites (tertiary alicyclic amines) is 1. The van der Waals surface area contributed by atoms with Crippen LogP contribution in [0.1, 0.15) is 44.5 Å². The maximum absolute atomic E-state index is 11.8. The van der Waals surface area contributed by atoms with E-state index >= 15 is 0 Å². The molecule has 1 atom stereocenters. The molecule has 0 N–H and O–H groups in total. The number of amides is 1. The lowest BCUT2D eigenvalue weighted by Gasteiger charge is -2.26. The van der Waals surface area contributed by atoms with Gasteiger partial charge in [0.1, 0.15) is 6.04 Å². The van der Waals surface area contributed by atoms with Gasteiger partial charge in [0.15, 0.2) is 0 Å². The molecule has 1 aliphatic heterocycles. The van der Waals surface area contributed by atoms with Crippen molar-refractivity contribution in [3.8, 4) is 11.5 Å². The van der Waals surface area contributed by atoms with Gasteiger partial charge in [0.25, 0.3) is 0 Å². The van der Waals surface area contributed by atoms with Crippen molar-refractivity contribution < 1.29 is 9.21 Å². The summed E-state index contributed by atoms with van der Waals surface area (Å²) >= 11 is 0. The standard InChI is InChI=1S/C16H19N3O2/c1-12(20)19-11-7-3-6-10-14(19)16-18-17-15(21-16)13-8-4-2-5-9-13/h2,4-5,8-9,14H,3,6-7,10-11H2,1H3. The summed E-state index contributed by atoms with van der Waals surface area (Å²) in [5.41, 5.74) is 0.902. The third-order valence-corrected chi connectivity index (χ3v) is 3.90. The molecule has 1 unspecified atom stereocenters. The predicted molar refractivity (Wildman–Crippen MR) is 78.3 cm³/mol. The van der Waals surface area contributed by atoms with Gasteiger partial charge in [-0.2, -0.15) is 0 Å². The molecule has 1 aliphatic rings. The first kappa shape index (κ1) is 13.8. The normalized spacial score (nSPS) is 19.3. The Morgan fingerprint density at radius 2 is 2.00 bits per heavy atom. The van der Waals surface area contributed by atoms with Crippen molar-refractivity contribution in [1.29, 1.82) is 0 Å². The van der Waals surface area contributed by atoms with Crippen molar-refractivity contribution in [3.63, 3.8) is 0 Å². The maximum Gasteiger partial charge on any atom is 0.247 e. The highest BCUT2D eigenvalue weighted by Gasteiger charge is 2.29. The molecular formula is C16H19N3O2. The number of rotatable bonds is 2. The summed E-state index contributed by atoms with van der Waals surface area (Å²) < 4.78 is 5.83. The van der Waals surface area contributed by atoms with E-state index in [2.05, 4.69) is 10.2 Å². The van der Waals surface area contributed by atoms with Gasteiger partial charge in [0, 0.05) is 19.0 Å². The molecule has 3 rings (SSSR count). The molecule has 2 heterocycles. The van der Waals surface area contributed by atoms with Gasteiger partial charge in [-0.05, 0) is 25.0 Å². The lowest BCUT2D eigenvalue weighted by atomic mass is 10.1. The molecule has 1 amide bonds. The Morgan fingerprint density at radius 1 is 1.19 bits per heavy atom. The van der Waals surface area contributed by atoms with Crippen LogP contribution in [0.2, 0.25) is 0 Å². The Balaban J connectivity index is 1.88. The van der Waals surface area contributed by atoms with E-state index in [0.717, 1.165) is 37.8 Å². The van der Waals surface area contributed by atoms with Crippen molar-refractivity contribution >= 4 is 5.91 Å². The number of carbonyl (C=O) groups excluding carboxylic acids is 1. The van der Waals surface area contributed by atoms with E-state index in [1.54, 1.807) is 6.92 Å². The number of hydrogen-bond acceptors (Lipinski definition) is 4. The van der Waals surface area contributed by atoms with Gasteiger partial charge in [0.05, 0.1) is 0 Å². The fraction of sp³-hybridized carbons (Fsp3) is 0.438. The van der Waals surface area contributed by atoms with Crippen molar-refractivity contribution in [2.75, 3.05) is 6.54 Å². The van der Waals surface area contributed by atoms with Crippen LogP contribution in [0.3, 0.4) is 0 Å². The second-order valence-corrected chi connectivity index (χ2v) is 5.39. The van der Waals surface area contributed by atoms with Crippen LogP contribution in [0.25, 0.3) is 11.5 Å². The molecule has 1 aromatic heterocycles. The minimum absolute atomic E-state index is 0.0707. The Labute approximate surface area is 124 Å². The van der Waals surface area contributed by atoms with Crippen LogP contribution in [0.15, 0.2) is 34.7 Å². The highest BCUT2D eigenvalue weighted by molar-refractivity contribution is 5.73. The highest BCUT2D eigenvalue weighted by atomic mass is 16.4. The van der Waals surface area contributed by atoms with Gasteiger partial charge < -0.3 is 9.32 Å². The zero-order chi connectivity index (χ0) is 14.7. The van der Waals surface area contributed by atoms with Gasteiger partial charge in [-0.3, -0.25) is 4.79 Å². The van der Waals surface area contributed by atoms with Crippen LogP contribution in [0.4, 0.5) is 0 Å². The quantitative estimate of drug-likeness (QED) is 0.850. The maximum atomic E-state index is 11.8. The summed E-state index contributed by atoms with van der Waals surface area (Å²) in [5.74, 6) is 1.13. The van der Waals surface area contributed by atoms with E-state index in [1.165, 1.54) is 0 Å². The minimum Gasteiger partial charge on any atom is -0.418 e. The number of carbonyl (C=O) groups is 1. The number of nitrogens with zero attached hydrogens (tertiary/aromatic N) is 3. The van der Waals surface area contributed by atoms with Crippen LogP contribution < -0.4 is 0 Å². The molecule has 2 aromatic rings. The summed E-state index contributed by atoms with van der Waals surface area (Å²) in [4.78, 5) is 13.7.